The molecule has 0 bridgehead atoms. The van der Waals surface area contributed by atoms with E-state index >= 15 is 0 Å². The number of nitrogens with zero attached hydrogens (tertiary/aromatic N) is 10. The van der Waals surface area contributed by atoms with Crippen LogP contribution >= 0.6 is 45.3 Å². The van der Waals surface area contributed by atoms with Crippen molar-refractivity contribution in [3.05, 3.63) is 181 Å². The third-order valence-electron chi connectivity index (χ3n) is 22.9. The smallest absolute Gasteiger partial charge is 0.265 e. The van der Waals surface area contributed by atoms with Crippen LogP contribution in [0.4, 0.5) is 39.8 Å². The average Bonchev–Trinajstić information content (AvgIpc) is 1.77. The van der Waals surface area contributed by atoms with E-state index in [0.29, 0.717) is 85.7 Å². The number of amides is 4. The maximum absolute atomic E-state index is 12.8. The van der Waals surface area contributed by atoms with Gasteiger partial charge in [-0.15, -0.1) is 45.3 Å². The number of ether oxygens (including phenoxy) is 3. The zero-order chi connectivity index (χ0) is 82.8. The number of thiophene rings is 4. The van der Waals surface area contributed by atoms with E-state index < -0.39 is 0 Å². The van der Waals surface area contributed by atoms with E-state index in [9.17, 15) is 40.2 Å². The van der Waals surface area contributed by atoms with Crippen molar-refractivity contribution in [3.63, 3.8) is 0 Å². The lowest BCUT2D eigenvalue weighted by Gasteiger charge is -2.41. The van der Waals surface area contributed by atoms with Gasteiger partial charge in [0.05, 0.1) is 85.3 Å². The lowest BCUT2D eigenvalue weighted by Crippen LogP contribution is -2.51. The summed E-state index contributed by atoms with van der Waals surface area (Å²) < 4.78 is 16.7. The number of rotatable bonds is 17. The van der Waals surface area contributed by atoms with Gasteiger partial charge in [0.2, 0.25) is 0 Å². The number of fused-ring (bicyclic) bond motifs is 4. The molecule has 0 atom stereocenters. The molecule has 0 unspecified atom stereocenters. The standard InChI is InChI=1S/2C24H29N5O2S.C21H25N5O2S.C20H23N3O2S/c25-15-18-13-19(27-24(30)22-14-17-3-6-26-16-23(17)32-22)1-2-21(18)29-9-7-28(8-10-29)20-4-11-31-12-5-20;25-15-18-13-19(27-24(30)22-14-17-3-6-26-16-23(17)32-22)1-2-21(18)29-7-4-20(5-8-29)28-9-11-31-12-10-28;22-13-16-11-17(1-2-18(16)26-7-5-25(6-8-26)9-10-27)24-21(28)19-12-15-3-4-23-14-20(15)29-19;1-20(2,3)12-25-16-5-4-15(8-14(16)10-21)23-19(24)17-9-13-6-7-22-11-18(13)26-17/h2*1-2,13-14,20,26H,3-12,16H2,(H,27,30);1-2,11-12,23,27H,3-10,14H2,(H,24,28);4-5,8-9,22H,6-7,11-12H2,1-3H3,(H,23,24). The number of morpholine rings is 1. The number of piperazine rings is 2. The molecule has 9 aliphatic rings. The number of nitriles is 4. The molecule has 17 rings (SSSR count). The summed E-state index contributed by atoms with van der Waals surface area (Å²) in [5.74, 6) is 0.0619. The van der Waals surface area contributed by atoms with Crippen LogP contribution in [-0.2, 0) is 61.3 Å². The van der Waals surface area contributed by atoms with Crippen LogP contribution in [0.3, 0.4) is 0 Å². The van der Waals surface area contributed by atoms with Gasteiger partial charge in [0.25, 0.3) is 23.6 Å². The van der Waals surface area contributed by atoms with Crippen molar-refractivity contribution in [2.45, 2.75) is 110 Å². The van der Waals surface area contributed by atoms with E-state index in [2.05, 4.69) is 117 Å². The van der Waals surface area contributed by atoms with Crippen molar-refractivity contribution in [1.82, 2.24) is 36.0 Å². The Hall–Kier alpha value is -9.68. The van der Waals surface area contributed by atoms with Crippen LogP contribution in [0.5, 0.6) is 5.75 Å². The van der Waals surface area contributed by atoms with Gasteiger partial charge in [-0.2, -0.15) is 21.0 Å². The van der Waals surface area contributed by atoms with Crippen molar-refractivity contribution >= 4 is 109 Å². The predicted molar refractivity (Wildman–Crippen MR) is 471 cm³/mol. The molecule has 0 aliphatic carbocycles. The van der Waals surface area contributed by atoms with Gasteiger partial charge in [-0.3, -0.25) is 33.9 Å². The minimum absolute atomic E-state index is 0.00670. The summed E-state index contributed by atoms with van der Waals surface area (Å²) in [5.41, 5.74) is 12.6. The Balaban J connectivity index is 0.000000131. The van der Waals surface area contributed by atoms with E-state index in [4.69, 9.17) is 19.3 Å². The Morgan fingerprint density at radius 3 is 1.13 bits per heavy atom. The van der Waals surface area contributed by atoms with Crippen LogP contribution in [0.1, 0.15) is 149 Å². The molecule has 0 radical (unpaired) electrons. The highest BCUT2D eigenvalue weighted by Gasteiger charge is 2.31. The number of aliphatic hydroxyl groups excluding tert-OH is 1. The third kappa shape index (κ3) is 22.5. The molecule has 119 heavy (non-hydrogen) atoms. The molecule has 4 aromatic carbocycles. The maximum Gasteiger partial charge on any atom is 0.265 e. The minimum Gasteiger partial charge on any atom is -0.492 e. The normalized spacial score (nSPS) is 17.8. The molecule has 8 aromatic rings. The van der Waals surface area contributed by atoms with E-state index in [1.807, 2.05) is 60.7 Å². The number of aliphatic hydroxyl groups is 1. The summed E-state index contributed by atoms with van der Waals surface area (Å²) in [4.78, 5) is 72.7. The second kappa shape index (κ2) is 41.1. The van der Waals surface area contributed by atoms with Crippen molar-refractivity contribution in [2.24, 2.45) is 5.41 Å². The Bertz CT molecular complexity index is 4810. The minimum atomic E-state index is -0.142. The zero-order valence-electron chi connectivity index (χ0n) is 68.1. The fourth-order valence-electron chi connectivity index (χ4n) is 16.4. The van der Waals surface area contributed by atoms with Crippen LogP contribution < -0.4 is 62.0 Å². The molecule has 4 amide bonds. The lowest BCUT2D eigenvalue weighted by molar-refractivity contribution is 0.0115. The van der Waals surface area contributed by atoms with Crippen molar-refractivity contribution < 1.29 is 38.5 Å². The highest BCUT2D eigenvalue weighted by Crippen LogP contribution is 2.36. The quantitative estimate of drug-likeness (QED) is 0.0409. The molecule has 13 heterocycles. The fourth-order valence-corrected chi connectivity index (χ4v) is 20.7. The summed E-state index contributed by atoms with van der Waals surface area (Å²) >= 11 is 6.16. The summed E-state index contributed by atoms with van der Waals surface area (Å²) in [7, 11) is 0. The van der Waals surface area contributed by atoms with Crippen molar-refractivity contribution in [1.29, 1.82) is 21.0 Å². The second-order valence-electron chi connectivity index (χ2n) is 32.2. The van der Waals surface area contributed by atoms with E-state index in [1.165, 1.54) is 64.4 Å². The first-order valence-electron chi connectivity index (χ1n) is 41.5. The number of carbonyl (C=O) groups excluding carboxylic acids is 4. The molecule has 0 saturated carbocycles. The average molecular weight is 1680 g/mol. The molecule has 0 spiro atoms. The molecule has 5 saturated heterocycles. The number of benzene rings is 4. The number of carbonyl (C=O) groups is 4. The van der Waals surface area contributed by atoms with Crippen LogP contribution in [0.15, 0.2) is 97.1 Å². The molecule has 9 aliphatic heterocycles. The number of β-amino-alcohol motifs (C(OH)–C–C–N with tert-alkyl or cyclic N) is 1. The zero-order valence-corrected chi connectivity index (χ0v) is 71.3. The molecular formula is C89H106N18O8S4. The van der Waals surface area contributed by atoms with Gasteiger partial charge in [-0.25, -0.2) is 0 Å². The number of piperidine rings is 1. The van der Waals surface area contributed by atoms with Crippen molar-refractivity contribution in [2.75, 3.05) is 187 Å². The van der Waals surface area contributed by atoms with Crippen LogP contribution in [0.25, 0.3) is 0 Å². The van der Waals surface area contributed by atoms with E-state index in [1.54, 1.807) is 59.1 Å². The van der Waals surface area contributed by atoms with Gasteiger partial charge < -0.3 is 76.6 Å². The number of anilines is 7. The molecule has 624 valence electrons. The first-order valence-corrected chi connectivity index (χ1v) is 44.8. The highest BCUT2D eigenvalue weighted by molar-refractivity contribution is 7.15. The van der Waals surface area contributed by atoms with Gasteiger partial charge >= 0.3 is 0 Å². The fraction of sp³-hybridized carbons (Fsp3) is 0.461. The van der Waals surface area contributed by atoms with Gasteiger partial charge in [0.1, 0.15) is 30.0 Å². The topological polar surface area (TPSA) is 327 Å². The van der Waals surface area contributed by atoms with Gasteiger partial charge in [0, 0.05) is 179 Å². The Morgan fingerprint density at radius 1 is 0.437 bits per heavy atom. The SMILES string of the molecule is CC(C)(C)COc1ccc(NC(=O)c2cc3c(s2)CNCC3)cc1C#N.N#Cc1cc(NC(=O)c2cc3c(s2)CNCC3)ccc1N1CCC(N2CCOCC2)CC1.N#Cc1cc(NC(=O)c2cc3c(s2)CNCC3)ccc1N1CCN(C2CCOCC2)CC1.N#Cc1cc(NC(=O)c2cc3c(s2)CNCC3)ccc1N1CCN(CCO)CC1. The van der Waals surface area contributed by atoms with E-state index in [-0.39, 0.29) is 35.7 Å². The maximum atomic E-state index is 12.8. The molecule has 9 N–H and O–H groups in total. The summed E-state index contributed by atoms with van der Waals surface area (Å²) in [6.45, 7) is 29.2. The molecule has 26 nitrogen and oxygen atoms in total. The number of hydrogen-bond acceptors (Lipinski definition) is 26. The first kappa shape index (κ1) is 85.7. The molecular weight excluding hydrogens is 1580 g/mol. The van der Waals surface area contributed by atoms with Gasteiger partial charge in [-0.05, 0) is 202 Å². The Kier molecular flexibility index (Phi) is 29.6. The van der Waals surface area contributed by atoms with Crippen molar-refractivity contribution in [3.8, 4) is 30.0 Å². The predicted octanol–water partition coefficient (Wildman–Crippen LogP) is 11.2. The monoisotopic (exact) mass is 1680 g/mol. The Morgan fingerprint density at radius 2 is 0.773 bits per heavy atom. The summed E-state index contributed by atoms with van der Waals surface area (Å²) in [6.07, 6.45) is 8.27. The first-order chi connectivity index (χ1) is 57.9. The van der Waals surface area contributed by atoms with Crippen LogP contribution in [0.2, 0.25) is 0 Å². The number of hydrogen-bond donors (Lipinski definition) is 9. The lowest BCUT2D eigenvalue weighted by atomic mass is 9.98. The molecule has 4 aromatic heterocycles. The molecule has 30 heteroatoms. The van der Waals surface area contributed by atoms with Gasteiger partial charge in [-0.1, -0.05) is 20.8 Å². The van der Waals surface area contributed by atoms with Crippen LogP contribution in [0, 0.1) is 50.7 Å². The summed E-state index contributed by atoms with van der Waals surface area (Å²) in [5, 5.41) is 72.8. The third-order valence-corrected chi connectivity index (χ3v) is 27.6. The highest BCUT2D eigenvalue weighted by atomic mass is 32.1. The molecule has 5 fully saturated rings. The number of nitrogens with one attached hydrogen (secondary N) is 8. The van der Waals surface area contributed by atoms with Gasteiger partial charge in [0.15, 0.2) is 0 Å². The van der Waals surface area contributed by atoms with E-state index in [0.717, 1.165) is 236 Å². The Labute approximate surface area is 713 Å². The summed E-state index contributed by atoms with van der Waals surface area (Å²) in [6, 6.07) is 40.4. The second-order valence-corrected chi connectivity index (χ2v) is 36.8. The largest absolute Gasteiger partial charge is 0.492 e. The van der Waals surface area contributed by atoms with Crippen LogP contribution in [-0.4, -0.2) is 206 Å².